The molecule has 0 radical (unpaired) electrons. The number of rotatable bonds is 17. The van der Waals surface area contributed by atoms with E-state index in [4.69, 9.17) is 14.2 Å². The maximum Gasteiger partial charge on any atom is 0.305 e. The van der Waals surface area contributed by atoms with E-state index in [0.29, 0.717) is 45.9 Å². The summed E-state index contributed by atoms with van der Waals surface area (Å²) in [5.41, 5.74) is 0. The van der Waals surface area contributed by atoms with Crippen molar-refractivity contribution in [3.8, 4) is 0 Å². The van der Waals surface area contributed by atoms with Crippen LogP contribution in [0.2, 0.25) is 0 Å². The molecule has 0 aliphatic heterocycles. The van der Waals surface area contributed by atoms with Crippen LogP contribution in [0, 0.1) is 0 Å². The van der Waals surface area contributed by atoms with E-state index in [0.717, 1.165) is 13.0 Å². The van der Waals surface area contributed by atoms with Crippen molar-refractivity contribution in [3.63, 3.8) is 0 Å². The first-order valence-corrected chi connectivity index (χ1v) is 8.61. The van der Waals surface area contributed by atoms with Gasteiger partial charge >= 0.3 is 5.97 Å². The Morgan fingerprint density at radius 3 is 1.77 bits per heavy atom. The minimum atomic E-state index is -0.192. The molecule has 5 heteroatoms. The van der Waals surface area contributed by atoms with Gasteiger partial charge in [0.15, 0.2) is 0 Å². The predicted molar refractivity (Wildman–Crippen MR) is 87.1 cm³/mol. The van der Waals surface area contributed by atoms with E-state index in [2.05, 4.69) is 11.7 Å². The molecule has 0 rings (SSSR count). The number of hydrogen-bond donors (Lipinski definition) is 0. The summed E-state index contributed by atoms with van der Waals surface area (Å²) < 4.78 is 20.8. The van der Waals surface area contributed by atoms with Gasteiger partial charge in [0, 0.05) is 19.6 Å². The molecule has 0 fully saturated rings. The first kappa shape index (κ1) is 21.4. The van der Waals surface area contributed by atoms with Crippen molar-refractivity contribution < 1.29 is 23.7 Å². The van der Waals surface area contributed by atoms with Gasteiger partial charge in [-0.05, 0) is 12.8 Å². The molecule has 0 amide bonds. The molecule has 0 saturated carbocycles. The summed E-state index contributed by atoms with van der Waals surface area (Å²) in [6, 6.07) is 0. The lowest BCUT2D eigenvalue weighted by molar-refractivity contribution is -0.141. The van der Waals surface area contributed by atoms with Gasteiger partial charge in [0.1, 0.15) is 0 Å². The van der Waals surface area contributed by atoms with Gasteiger partial charge in [0.25, 0.3) is 0 Å². The molecule has 0 saturated heterocycles. The second kappa shape index (κ2) is 18.4. The zero-order valence-corrected chi connectivity index (χ0v) is 14.4. The Labute approximate surface area is 135 Å². The molecule has 0 aromatic heterocycles. The highest BCUT2D eigenvalue weighted by Gasteiger charge is 1.99. The lowest BCUT2D eigenvalue weighted by atomic mass is 10.1. The second-order valence-electron chi connectivity index (χ2n) is 5.28. The highest BCUT2D eigenvalue weighted by atomic mass is 16.5. The molecule has 0 aromatic carbocycles. The smallest absolute Gasteiger partial charge is 0.305 e. The van der Waals surface area contributed by atoms with Gasteiger partial charge in [0.2, 0.25) is 0 Å². The van der Waals surface area contributed by atoms with Crippen LogP contribution in [-0.4, -0.2) is 52.7 Å². The molecule has 0 unspecified atom stereocenters. The van der Waals surface area contributed by atoms with Gasteiger partial charge in [0.05, 0.1) is 33.5 Å². The van der Waals surface area contributed by atoms with E-state index in [1.54, 1.807) is 0 Å². The van der Waals surface area contributed by atoms with Crippen molar-refractivity contribution in [2.24, 2.45) is 0 Å². The third kappa shape index (κ3) is 17.4. The summed E-state index contributed by atoms with van der Waals surface area (Å²) in [4.78, 5) is 10.8. The zero-order chi connectivity index (χ0) is 16.3. The SMILES string of the molecule is CCCCCCCCOCCOCCOCCCC(=O)OC. The van der Waals surface area contributed by atoms with Crippen molar-refractivity contribution >= 4 is 5.97 Å². The predicted octanol–water partition coefficient (Wildman–Crippen LogP) is 3.35. The number of hydrogen-bond acceptors (Lipinski definition) is 5. The summed E-state index contributed by atoms with van der Waals surface area (Å²) in [6.07, 6.45) is 8.81. The van der Waals surface area contributed by atoms with Crippen LogP contribution in [0.4, 0.5) is 0 Å². The lowest BCUT2D eigenvalue weighted by Crippen LogP contribution is -2.11. The van der Waals surface area contributed by atoms with Gasteiger partial charge in [-0.15, -0.1) is 0 Å². The maximum absolute atomic E-state index is 10.8. The molecule has 132 valence electrons. The molecule has 0 aromatic rings. The molecule has 22 heavy (non-hydrogen) atoms. The third-order valence-electron chi connectivity index (χ3n) is 3.28. The fourth-order valence-corrected chi connectivity index (χ4v) is 1.95. The number of carbonyl (C=O) groups is 1. The molecule has 0 aliphatic carbocycles. The average Bonchev–Trinajstić information content (AvgIpc) is 2.54. The highest BCUT2D eigenvalue weighted by Crippen LogP contribution is 2.04. The average molecular weight is 318 g/mol. The van der Waals surface area contributed by atoms with Crippen LogP contribution < -0.4 is 0 Å². The monoisotopic (exact) mass is 318 g/mol. The molecular formula is C17H34O5. The normalized spacial score (nSPS) is 10.8. The van der Waals surface area contributed by atoms with Crippen molar-refractivity contribution in [2.45, 2.75) is 58.3 Å². The van der Waals surface area contributed by atoms with Crippen LogP contribution in [0.15, 0.2) is 0 Å². The van der Waals surface area contributed by atoms with Crippen molar-refractivity contribution in [1.29, 1.82) is 0 Å². The van der Waals surface area contributed by atoms with E-state index in [9.17, 15) is 4.79 Å². The van der Waals surface area contributed by atoms with Gasteiger partial charge in [-0.25, -0.2) is 0 Å². The number of unbranched alkanes of at least 4 members (excludes halogenated alkanes) is 5. The first-order valence-electron chi connectivity index (χ1n) is 8.61. The van der Waals surface area contributed by atoms with E-state index in [1.807, 2.05) is 0 Å². The number of ether oxygens (including phenoxy) is 4. The molecule has 0 N–H and O–H groups in total. The lowest BCUT2D eigenvalue weighted by Gasteiger charge is -2.07. The summed E-state index contributed by atoms with van der Waals surface area (Å²) in [7, 11) is 1.39. The minimum absolute atomic E-state index is 0.192. The summed E-state index contributed by atoms with van der Waals surface area (Å²) >= 11 is 0. The maximum atomic E-state index is 10.8. The van der Waals surface area contributed by atoms with Gasteiger partial charge < -0.3 is 18.9 Å². The number of methoxy groups -OCH3 is 1. The highest BCUT2D eigenvalue weighted by molar-refractivity contribution is 5.68. The second-order valence-corrected chi connectivity index (χ2v) is 5.28. The fraction of sp³-hybridized carbons (Fsp3) is 0.941. The standard InChI is InChI=1S/C17H34O5/c1-3-4-5-6-7-8-11-20-13-15-22-16-14-21-12-9-10-17(18)19-2/h3-16H2,1-2H3. The quantitative estimate of drug-likeness (QED) is 0.304. The third-order valence-corrected chi connectivity index (χ3v) is 3.28. The topological polar surface area (TPSA) is 54.0 Å². The van der Waals surface area contributed by atoms with E-state index in [1.165, 1.54) is 39.2 Å². The largest absolute Gasteiger partial charge is 0.469 e. The Morgan fingerprint density at radius 1 is 0.682 bits per heavy atom. The van der Waals surface area contributed by atoms with Crippen LogP contribution in [0.5, 0.6) is 0 Å². The Kier molecular flexibility index (Phi) is 17.9. The van der Waals surface area contributed by atoms with E-state index in [-0.39, 0.29) is 5.97 Å². The summed E-state index contributed by atoms with van der Waals surface area (Å²) in [6.45, 7) is 6.01. The van der Waals surface area contributed by atoms with Crippen LogP contribution >= 0.6 is 0 Å². The van der Waals surface area contributed by atoms with Crippen molar-refractivity contribution in [2.75, 3.05) is 46.8 Å². The molecule has 5 nitrogen and oxygen atoms in total. The Bertz CT molecular complexity index is 233. The van der Waals surface area contributed by atoms with Gasteiger partial charge in [-0.2, -0.15) is 0 Å². The summed E-state index contributed by atoms with van der Waals surface area (Å²) in [5, 5.41) is 0. The van der Waals surface area contributed by atoms with Crippen LogP contribution in [0.3, 0.4) is 0 Å². The van der Waals surface area contributed by atoms with Gasteiger partial charge in [-0.3, -0.25) is 4.79 Å². The Balaban J connectivity index is 2.98. The van der Waals surface area contributed by atoms with E-state index >= 15 is 0 Å². The number of carbonyl (C=O) groups excluding carboxylic acids is 1. The zero-order valence-electron chi connectivity index (χ0n) is 14.4. The van der Waals surface area contributed by atoms with E-state index < -0.39 is 0 Å². The number of esters is 1. The van der Waals surface area contributed by atoms with Crippen LogP contribution in [-0.2, 0) is 23.7 Å². The summed E-state index contributed by atoms with van der Waals surface area (Å²) in [5.74, 6) is -0.192. The molecule has 0 spiro atoms. The molecular weight excluding hydrogens is 284 g/mol. The first-order chi connectivity index (χ1) is 10.8. The van der Waals surface area contributed by atoms with Gasteiger partial charge in [-0.1, -0.05) is 39.0 Å². The van der Waals surface area contributed by atoms with Crippen molar-refractivity contribution in [1.82, 2.24) is 0 Å². The van der Waals surface area contributed by atoms with Crippen molar-refractivity contribution in [3.05, 3.63) is 0 Å². The Morgan fingerprint density at radius 2 is 1.18 bits per heavy atom. The molecule has 0 atom stereocenters. The molecule has 0 heterocycles. The molecule has 0 aliphatic rings. The minimum Gasteiger partial charge on any atom is -0.469 e. The molecule has 0 bridgehead atoms. The van der Waals surface area contributed by atoms with Crippen LogP contribution in [0.1, 0.15) is 58.3 Å². The fourth-order valence-electron chi connectivity index (χ4n) is 1.95. The van der Waals surface area contributed by atoms with Crippen LogP contribution in [0.25, 0.3) is 0 Å². The Hall–Kier alpha value is -0.650.